The fourth-order valence-corrected chi connectivity index (χ4v) is 4.53. The standard InChI is InChI=1S/C23H38N4O3.HI/c1-4-24-23(26-19-11-12-27(16-19)15-17-7-5-6-8-17)25-14-20(28)18-9-10-21(29-2)22(13-18)30-3;/h9-10,13,17,19-20,28H,4-8,11-12,14-16H2,1-3H3,(H2,24,25,26);1H. The highest BCUT2D eigenvalue weighted by molar-refractivity contribution is 14.0. The maximum absolute atomic E-state index is 10.6. The van der Waals surface area contributed by atoms with E-state index >= 15 is 0 Å². The van der Waals surface area contributed by atoms with Crippen LogP contribution in [0.2, 0.25) is 0 Å². The minimum Gasteiger partial charge on any atom is -0.493 e. The van der Waals surface area contributed by atoms with Gasteiger partial charge in [-0.15, -0.1) is 24.0 Å². The largest absolute Gasteiger partial charge is 0.493 e. The van der Waals surface area contributed by atoms with Crippen LogP contribution in [0.15, 0.2) is 23.2 Å². The Labute approximate surface area is 204 Å². The summed E-state index contributed by atoms with van der Waals surface area (Å²) in [5.41, 5.74) is 0.760. The van der Waals surface area contributed by atoms with Crippen LogP contribution in [0.4, 0.5) is 0 Å². The van der Waals surface area contributed by atoms with Gasteiger partial charge in [-0.2, -0.15) is 0 Å². The van der Waals surface area contributed by atoms with E-state index in [0.29, 0.717) is 17.5 Å². The number of nitrogens with zero attached hydrogens (tertiary/aromatic N) is 2. The quantitative estimate of drug-likeness (QED) is 0.251. The van der Waals surface area contributed by atoms with E-state index in [-0.39, 0.29) is 30.5 Å². The van der Waals surface area contributed by atoms with Crippen LogP contribution in [0, 0.1) is 5.92 Å². The highest BCUT2D eigenvalue weighted by Crippen LogP contribution is 2.30. The number of rotatable bonds is 9. The smallest absolute Gasteiger partial charge is 0.191 e. The van der Waals surface area contributed by atoms with Crippen molar-refractivity contribution in [2.45, 2.75) is 51.2 Å². The molecule has 1 heterocycles. The number of aliphatic imine (C=N–C) groups is 1. The number of benzene rings is 1. The molecule has 7 nitrogen and oxygen atoms in total. The second-order valence-corrected chi connectivity index (χ2v) is 8.39. The molecule has 2 fully saturated rings. The SMILES string of the molecule is CCNC(=NCC(O)c1ccc(OC)c(OC)c1)NC1CCN(CC2CCCC2)C1.I. The van der Waals surface area contributed by atoms with Gasteiger partial charge >= 0.3 is 0 Å². The number of ether oxygens (including phenoxy) is 2. The van der Waals surface area contributed by atoms with Crippen LogP contribution in [0.1, 0.15) is 50.7 Å². The number of likely N-dealkylation sites (tertiary alicyclic amines) is 1. The Kier molecular flexibility index (Phi) is 11.2. The molecule has 2 atom stereocenters. The third-order valence-corrected chi connectivity index (χ3v) is 6.16. The Bertz CT molecular complexity index is 697. The summed E-state index contributed by atoms with van der Waals surface area (Å²) in [6, 6.07) is 5.86. The summed E-state index contributed by atoms with van der Waals surface area (Å²) in [5.74, 6) is 2.92. The van der Waals surface area contributed by atoms with E-state index in [1.807, 2.05) is 12.1 Å². The number of guanidine groups is 1. The molecule has 31 heavy (non-hydrogen) atoms. The molecule has 0 aromatic heterocycles. The molecule has 1 aromatic rings. The molecule has 1 saturated carbocycles. The molecular weight excluding hydrogens is 507 g/mol. The number of hydrogen-bond donors (Lipinski definition) is 3. The number of aliphatic hydroxyl groups is 1. The molecule has 1 aliphatic carbocycles. The summed E-state index contributed by atoms with van der Waals surface area (Å²) < 4.78 is 10.6. The molecule has 0 amide bonds. The Balaban J connectivity index is 0.00000341. The first-order valence-corrected chi connectivity index (χ1v) is 11.3. The Morgan fingerprint density at radius 1 is 1.19 bits per heavy atom. The van der Waals surface area contributed by atoms with Gasteiger partial charge in [0, 0.05) is 32.2 Å². The third-order valence-electron chi connectivity index (χ3n) is 6.16. The van der Waals surface area contributed by atoms with Crippen molar-refractivity contribution in [3.8, 4) is 11.5 Å². The van der Waals surface area contributed by atoms with Gasteiger partial charge in [-0.1, -0.05) is 18.9 Å². The van der Waals surface area contributed by atoms with Gasteiger partial charge in [-0.25, -0.2) is 0 Å². The molecule has 1 saturated heterocycles. The van der Waals surface area contributed by atoms with Gasteiger partial charge in [-0.3, -0.25) is 4.99 Å². The summed E-state index contributed by atoms with van der Waals surface area (Å²) in [6.07, 6.45) is 6.02. The molecule has 3 N–H and O–H groups in total. The van der Waals surface area contributed by atoms with Crippen molar-refractivity contribution < 1.29 is 14.6 Å². The van der Waals surface area contributed by atoms with E-state index in [1.165, 1.54) is 32.2 Å². The molecular formula is C23H39IN4O3. The van der Waals surface area contributed by atoms with Crippen LogP contribution < -0.4 is 20.1 Å². The molecule has 2 unspecified atom stereocenters. The van der Waals surface area contributed by atoms with Crippen LogP contribution in [-0.2, 0) is 0 Å². The molecule has 3 rings (SSSR count). The van der Waals surface area contributed by atoms with Crippen LogP contribution in [0.25, 0.3) is 0 Å². The zero-order chi connectivity index (χ0) is 21.3. The lowest BCUT2D eigenvalue weighted by Gasteiger charge is -2.21. The van der Waals surface area contributed by atoms with Gasteiger partial charge in [0.2, 0.25) is 0 Å². The van der Waals surface area contributed by atoms with Gasteiger partial charge in [0.15, 0.2) is 17.5 Å². The summed E-state index contributed by atoms with van der Waals surface area (Å²) >= 11 is 0. The Morgan fingerprint density at radius 3 is 2.61 bits per heavy atom. The van der Waals surface area contributed by atoms with Crippen molar-refractivity contribution in [3.63, 3.8) is 0 Å². The van der Waals surface area contributed by atoms with E-state index < -0.39 is 6.10 Å². The highest BCUT2D eigenvalue weighted by Gasteiger charge is 2.26. The molecule has 176 valence electrons. The van der Waals surface area contributed by atoms with Gasteiger partial charge in [-0.05, 0) is 49.8 Å². The van der Waals surface area contributed by atoms with Crippen molar-refractivity contribution in [2.75, 3.05) is 46.9 Å². The third kappa shape index (κ3) is 7.68. The lowest BCUT2D eigenvalue weighted by molar-refractivity contribution is 0.186. The number of halogens is 1. The lowest BCUT2D eigenvalue weighted by Crippen LogP contribution is -2.45. The van der Waals surface area contributed by atoms with Gasteiger partial charge in [0.1, 0.15) is 0 Å². The van der Waals surface area contributed by atoms with E-state index in [9.17, 15) is 5.11 Å². The number of nitrogens with one attached hydrogen (secondary N) is 2. The topological polar surface area (TPSA) is 78.4 Å². The normalized spacial score (nSPS) is 20.9. The zero-order valence-electron chi connectivity index (χ0n) is 19.1. The number of aliphatic hydroxyl groups excluding tert-OH is 1. The van der Waals surface area contributed by atoms with Crippen molar-refractivity contribution in [2.24, 2.45) is 10.9 Å². The van der Waals surface area contributed by atoms with E-state index in [0.717, 1.165) is 43.5 Å². The first kappa shape index (κ1) is 26.0. The fraction of sp³-hybridized carbons (Fsp3) is 0.696. The fourth-order valence-electron chi connectivity index (χ4n) is 4.53. The minimum absolute atomic E-state index is 0. The summed E-state index contributed by atoms with van der Waals surface area (Å²) in [7, 11) is 3.20. The highest BCUT2D eigenvalue weighted by atomic mass is 127. The van der Waals surface area contributed by atoms with Crippen molar-refractivity contribution >= 4 is 29.9 Å². The molecule has 0 bridgehead atoms. The molecule has 2 aliphatic rings. The number of methoxy groups -OCH3 is 2. The maximum Gasteiger partial charge on any atom is 0.191 e. The van der Waals surface area contributed by atoms with Gasteiger partial charge < -0.3 is 30.1 Å². The minimum atomic E-state index is -0.706. The molecule has 8 heteroatoms. The van der Waals surface area contributed by atoms with Crippen LogP contribution in [-0.4, -0.2) is 69.0 Å². The Morgan fingerprint density at radius 2 is 1.94 bits per heavy atom. The zero-order valence-corrected chi connectivity index (χ0v) is 21.4. The van der Waals surface area contributed by atoms with E-state index in [1.54, 1.807) is 20.3 Å². The van der Waals surface area contributed by atoms with Gasteiger partial charge in [0.25, 0.3) is 0 Å². The van der Waals surface area contributed by atoms with Crippen LogP contribution in [0.5, 0.6) is 11.5 Å². The van der Waals surface area contributed by atoms with Crippen molar-refractivity contribution in [1.29, 1.82) is 0 Å². The maximum atomic E-state index is 10.6. The molecule has 1 aromatic carbocycles. The van der Waals surface area contributed by atoms with E-state index in [4.69, 9.17) is 9.47 Å². The van der Waals surface area contributed by atoms with Crippen molar-refractivity contribution in [3.05, 3.63) is 23.8 Å². The van der Waals surface area contributed by atoms with E-state index in [2.05, 4.69) is 27.4 Å². The molecule has 0 radical (unpaired) electrons. The summed E-state index contributed by atoms with van der Waals surface area (Å²) in [5, 5.41) is 17.5. The second kappa shape index (κ2) is 13.3. The van der Waals surface area contributed by atoms with Crippen LogP contribution >= 0.6 is 24.0 Å². The first-order valence-electron chi connectivity index (χ1n) is 11.3. The molecule has 0 spiro atoms. The second-order valence-electron chi connectivity index (χ2n) is 8.39. The lowest BCUT2D eigenvalue weighted by atomic mass is 10.1. The van der Waals surface area contributed by atoms with Crippen LogP contribution in [0.3, 0.4) is 0 Å². The predicted molar refractivity (Wildman–Crippen MR) is 136 cm³/mol. The first-order chi connectivity index (χ1) is 14.6. The average Bonchev–Trinajstić information content (AvgIpc) is 3.43. The van der Waals surface area contributed by atoms with Gasteiger partial charge in [0.05, 0.1) is 26.9 Å². The average molecular weight is 546 g/mol. The summed E-state index contributed by atoms with van der Waals surface area (Å²) in [4.78, 5) is 7.23. The summed E-state index contributed by atoms with van der Waals surface area (Å²) in [6.45, 7) is 6.59. The number of hydrogen-bond acceptors (Lipinski definition) is 5. The van der Waals surface area contributed by atoms with Crippen molar-refractivity contribution in [1.82, 2.24) is 15.5 Å². The molecule has 1 aliphatic heterocycles. The Hall–Kier alpha value is -1.26. The predicted octanol–water partition coefficient (Wildman–Crippen LogP) is 3.17. The monoisotopic (exact) mass is 546 g/mol.